The maximum absolute atomic E-state index is 2.47. The zero-order valence-corrected chi connectivity index (χ0v) is 11.4. The van der Waals surface area contributed by atoms with E-state index in [0.717, 1.165) is 19.6 Å². The van der Waals surface area contributed by atoms with Gasteiger partial charge in [0.2, 0.25) is 0 Å². The molecule has 0 bridgehead atoms. The molecule has 1 aromatic heterocycles. The van der Waals surface area contributed by atoms with Crippen molar-refractivity contribution in [3.8, 4) is 0 Å². The zero-order chi connectivity index (χ0) is 12.7. The molecule has 0 amide bonds. The fraction of sp³-hybridized carbons (Fsp3) is 0.467. The first-order chi connectivity index (χ1) is 8.66. The van der Waals surface area contributed by atoms with Gasteiger partial charge in [0.15, 0.2) is 0 Å². The number of likely N-dealkylation sites (N-methyl/N-ethyl adjacent to an activating group) is 2. The molecule has 1 saturated heterocycles. The zero-order valence-electron chi connectivity index (χ0n) is 11.4. The molecule has 96 valence electrons. The molecule has 0 N–H and O–H groups in total. The van der Waals surface area contributed by atoms with Crippen LogP contribution >= 0.6 is 0 Å². The fourth-order valence-corrected chi connectivity index (χ4v) is 2.98. The first kappa shape index (κ1) is 11.8. The monoisotopic (exact) mass is 243 g/mol. The van der Waals surface area contributed by atoms with Gasteiger partial charge >= 0.3 is 0 Å². The van der Waals surface area contributed by atoms with Crippen molar-refractivity contribution in [3.63, 3.8) is 0 Å². The summed E-state index contributed by atoms with van der Waals surface area (Å²) in [5.74, 6) is 0. The number of hydrogen-bond acceptors (Lipinski definition) is 2. The SMILES string of the molecule is CN1CCN(C)C(c2cn(C)c3ccccc23)C1. The van der Waals surface area contributed by atoms with Crippen LogP contribution in [-0.2, 0) is 7.05 Å². The average Bonchev–Trinajstić information content (AvgIpc) is 2.71. The van der Waals surface area contributed by atoms with Crippen molar-refractivity contribution in [2.24, 2.45) is 7.05 Å². The maximum Gasteiger partial charge on any atom is 0.0493 e. The average molecular weight is 243 g/mol. The summed E-state index contributed by atoms with van der Waals surface area (Å²) in [6, 6.07) is 9.20. The number of aryl methyl sites for hydroxylation is 1. The molecule has 0 aliphatic carbocycles. The van der Waals surface area contributed by atoms with Gasteiger partial charge in [-0.2, -0.15) is 0 Å². The van der Waals surface area contributed by atoms with Crippen LogP contribution in [0.5, 0.6) is 0 Å². The highest BCUT2D eigenvalue weighted by molar-refractivity contribution is 5.84. The molecule has 1 unspecified atom stereocenters. The van der Waals surface area contributed by atoms with Crippen molar-refractivity contribution < 1.29 is 0 Å². The molecule has 0 saturated carbocycles. The maximum atomic E-state index is 2.47. The molecular weight excluding hydrogens is 222 g/mol. The van der Waals surface area contributed by atoms with Gasteiger partial charge < -0.3 is 9.47 Å². The van der Waals surface area contributed by atoms with E-state index in [0.29, 0.717) is 6.04 Å². The van der Waals surface area contributed by atoms with Gasteiger partial charge in [-0.1, -0.05) is 18.2 Å². The molecule has 1 atom stereocenters. The van der Waals surface area contributed by atoms with Crippen LogP contribution in [0.3, 0.4) is 0 Å². The summed E-state index contributed by atoms with van der Waals surface area (Å²) >= 11 is 0. The summed E-state index contributed by atoms with van der Waals surface area (Å²) in [7, 11) is 6.59. The third-order valence-electron chi connectivity index (χ3n) is 4.14. The number of hydrogen-bond donors (Lipinski definition) is 0. The van der Waals surface area contributed by atoms with Crippen LogP contribution in [0.4, 0.5) is 0 Å². The highest BCUT2D eigenvalue weighted by Crippen LogP contribution is 2.30. The number of para-hydroxylation sites is 1. The Hall–Kier alpha value is -1.32. The lowest BCUT2D eigenvalue weighted by atomic mass is 10.0. The van der Waals surface area contributed by atoms with E-state index in [1.54, 1.807) is 0 Å². The van der Waals surface area contributed by atoms with Crippen LogP contribution in [0.25, 0.3) is 10.9 Å². The summed E-state index contributed by atoms with van der Waals surface area (Å²) < 4.78 is 2.24. The number of piperazine rings is 1. The van der Waals surface area contributed by atoms with Crippen LogP contribution in [-0.4, -0.2) is 48.1 Å². The largest absolute Gasteiger partial charge is 0.350 e. The molecule has 18 heavy (non-hydrogen) atoms. The Morgan fingerprint density at radius 1 is 1.06 bits per heavy atom. The molecule has 3 heteroatoms. The number of rotatable bonds is 1. The second-order valence-corrected chi connectivity index (χ2v) is 5.47. The van der Waals surface area contributed by atoms with Crippen LogP contribution in [0.2, 0.25) is 0 Å². The predicted molar refractivity (Wildman–Crippen MR) is 75.8 cm³/mol. The molecule has 2 aromatic rings. The van der Waals surface area contributed by atoms with Gasteiger partial charge in [-0.25, -0.2) is 0 Å². The molecule has 0 spiro atoms. The Balaban J connectivity index is 2.08. The molecule has 3 rings (SSSR count). The molecule has 1 aliphatic heterocycles. The Morgan fingerprint density at radius 2 is 1.83 bits per heavy atom. The Kier molecular flexibility index (Phi) is 2.88. The number of nitrogens with zero attached hydrogens (tertiary/aromatic N) is 3. The van der Waals surface area contributed by atoms with E-state index in [4.69, 9.17) is 0 Å². The third-order valence-corrected chi connectivity index (χ3v) is 4.14. The first-order valence-corrected chi connectivity index (χ1v) is 6.59. The van der Waals surface area contributed by atoms with Gasteiger partial charge in [0.25, 0.3) is 0 Å². The lowest BCUT2D eigenvalue weighted by Crippen LogP contribution is -2.44. The second kappa shape index (κ2) is 4.41. The van der Waals surface area contributed by atoms with E-state index in [2.05, 4.69) is 66.0 Å². The minimum atomic E-state index is 0.509. The van der Waals surface area contributed by atoms with Crippen molar-refractivity contribution >= 4 is 10.9 Å². The lowest BCUT2D eigenvalue weighted by molar-refractivity contribution is 0.116. The summed E-state index contributed by atoms with van der Waals surface area (Å²) in [4.78, 5) is 4.90. The minimum absolute atomic E-state index is 0.509. The van der Waals surface area contributed by atoms with Crippen molar-refractivity contribution in [3.05, 3.63) is 36.0 Å². The molecule has 2 heterocycles. The molecule has 1 aliphatic rings. The van der Waals surface area contributed by atoms with Crippen LogP contribution in [0.1, 0.15) is 11.6 Å². The number of fused-ring (bicyclic) bond motifs is 1. The van der Waals surface area contributed by atoms with E-state index in [-0.39, 0.29) is 0 Å². The summed E-state index contributed by atoms with van der Waals surface area (Å²) in [6.07, 6.45) is 2.30. The standard InChI is InChI=1S/C15H21N3/c1-16-8-9-17(2)15(11-16)13-10-18(3)14-7-5-4-6-12(13)14/h4-7,10,15H,8-9,11H2,1-3H3. The highest BCUT2D eigenvalue weighted by Gasteiger charge is 2.26. The summed E-state index contributed by atoms with van der Waals surface area (Å²) in [5.41, 5.74) is 2.79. The smallest absolute Gasteiger partial charge is 0.0493 e. The van der Waals surface area contributed by atoms with Crippen molar-refractivity contribution in [2.45, 2.75) is 6.04 Å². The molecule has 0 radical (unpaired) electrons. The van der Waals surface area contributed by atoms with Gasteiger partial charge in [-0.3, -0.25) is 4.90 Å². The number of benzene rings is 1. The van der Waals surface area contributed by atoms with E-state index >= 15 is 0 Å². The lowest BCUT2D eigenvalue weighted by Gasteiger charge is -2.37. The topological polar surface area (TPSA) is 11.4 Å². The van der Waals surface area contributed by atoms with E-state index in [9.17, 15) is 0 Å². The van der Waals surface area contributed by atoms with Gasteiger partial charge in [-0.05, 0) is 25.7 Å². The molecular formula is C15H21N3. The van der Waals surface area contributed by atoms with Crippen LogP contribution in [0, 0.1) is 0 Å². The molecule has 3 nitrogen and oxygen atoms in total. The third kappa shape index (κ3) is 1.84. The van der Waals surface area contributed by atoms with Gasteiger partial charge in [0, 0.05) is 49.8 Å². The van der Waals surface area contributed by atoms with Gasteiger partial charge in [-0.15, -0.1) is 0 Å². The molecule has 1 aromatic carbocycles. The molecule has 1 fully saturated rings. The summed E-state index contributed by atoms with van der Waals surface area (Å²) in [6.45, 7) is 3.42. The normalized spacial score (nSPS) is 22.7. The fourth-order valence-electron chi connectivity index (χ4n) is 2.98. The highest BCUT2D eigenvalue weighted by atomic mass is 15.3. The van der Waals surface area contributed by atoms with Crippen LogP contribution < -0.4 is 0 Å². The number of aromatic nitrogens is 1. The Morgan fingerprint density at radius 3 is 2.67 bits per heavy atom. The Bertz CT molecular complexity index is 558. The second-order valence-electron chi connectivity index (χ2n) is 5.47. The van der Waals surface area contributed by atoms with Crippen molar-refractivity contribution in [2.75, 3.05) is 33.7 Å². The Labute approximate surface area is 109 Å². The van der Waals surface area contributed by atoms with E-state index in [1.165, 1.54) is 16.5 Å². The van der Waals surface area contributed by atoms with Gasteiger partial charge in [0.1, 0.15) is 0 Å². The predicted octanol–water partition coefficient (Wildman–Crippen LogP) is 2.10. The van der Waals surface area contributed by atoms with E-state index in [1.807, 2.05) is 0 Å². The van der Waals surface area contributed by atoms with Gasteiger partial charge in [0.05, 0.1) is 0 Å². The van der Waals surface area contributed by atoms with Crippen molar-refractivity contribution in [1.82, 2.24) is 14.4 Å². The van der Waals surface area contributed by atoms with E-state index < -0.39 is 0 Å². The van der Waals surface area contributed by atoms with Crippen molar-refractivity contribution in [1.29, 1.82) is 0 Å². The minimum Gasteiger partial charge on any atom is -0.350 e. The quantitative estimate of drug-likeness (QED) is 0.760. The summed E-state index contributed by atoms with van der Waals surface area (Å²) in [5, 5.41) is 1.40. The first-order valence-electron chi connectivity index (χ1n) is 6.59. The van der Waals surface area contributed by atoms with Crippen LogP contribution in [0.15, 0.2) is 30.5 Å².